The second kappa shape index (κ2) is 7.13. The number of nitrogens with one attached hydrogen (secondary N) is 1. The van der Waals surface area contributed by atoms with Gasteiger partial charge in [0.2, 0.25) is 5.91 Å². The van der Waals surface area contributed by atoms with Crippen LogP contribution >= 0.6 is 0 Å². The highest BCUT2D eigenvalue weighted by atomic mass is 16.1. The third-order valence-corrected chi connectivity index (χ3v) is 4.05. The average molecular weight is 319 g/mol. The Morgan fingerprint density at radius 3 is 2.67 bits per heavy atom. The van der Waals surface area contributed by atoms with Crippen LogP contribution in [0.1, 0.15) is 29.8 Å². The van der Waals surface area contributed by atoms with Gasteiger partial charge in [0.15, 0.2) is 0 Å². The highest BCUT2D eigenvalue weighted by Gasteiger charge is 2.12. The number of benzene rings is 1. The molecule has 2 heterocycles. The number of nitrogens with zero attached hydrogens (tertiary/aromatic N) is 2. The Labute approximate surface area is 142 Å². The number of pyridine rings is 1. The van der Waals surface area contributed by atoms with Crippen molar-refractivity contribution in [1.29, 1.82) is 0 Å². The van der Waals surface area contributed by atoms with Gasteiger partial charge in [-0.1, -0.05) is 23.8 Å². The van der Waals surface area contributed by atoms with Crippen LogP contribution in [-0.4, -0.2) is 15.5 Å². The molecule has 0 fully saturated rings. The molecule has 1 atom stereocenters. The Morgan fingerprint density at radius 2 is 1.96 bits per heavy atom. The minimum Gasteiger partial charge on any atom is -0.349 e. The molecule has 0 unspecified atom stereocenters. The summed E-state index contributed by atoms with van der Waals surface area (Å²) in [5, 5.41) is 3.03. The third-order valence-electron chi connectivity index (χ3n) is 4.05. The van der Waals surface area contributed by atoms with E-state index in [0.717, 1.165) is 16.9 Å². The number of aromatic nitrogens is 2. The van der Waals surface area contributed by atoms with E-state index in [4.69, 9.17) is 0 Å². The van der Waals surface area contributed by atoms with Gasteiger partial charge in [-0.3, -0.25) is 9.78 Å². The smallest absolute Gasteiger partial charge is 0.226 e. The van der Waals surface area contributed by atoms with E-state index >= 15 is 0 Å². The summed E-state index contributed by atoms with van der Waals surface area (Å²) in [6, 6.07) is 16.0. The van der Waals surface area contributed by atoms with Crippen molar-refractivity contribution in [3.05, 3.63) is 83.9 Å². The number of hydrogen-bond donors (Lipinski definition) is 1. The van der Waals surface area contributed by atoms with Crippen LogP contribution in [0.5, 0.6) is 0 Å². The van der Waals surface area contributed by atoms with Gasteiger partial charge >= 0.3 is 0 Å². The SMILES string of the molecule is Cc1ccc(-n2cccc2CC(=O)N[C@@H](C)c2cccnc2)cc1. The largest absolute Gasteiger partial charge is 0.349 e. The number of hydrogen-bond acceptors (Lipinski definition) is 2. The lowest BCUT2D eigenvalue weighted by Crippen LogP contribution is -2.28. The number of rotatable bonds is 5. The third kappa shape index (κ3) is 3.71. The molecule has 1 amide bonds. The van der Waals surface area contributed by atoms with Crippen LogP contribution < -0.4 is 5.32 Å². The number of amides is 1. The molecule has 1 N–H and O–H groups in total. The van der Waals surface area contributed by atoms with Gasteiger partial charge in [0.05, 0.1) is 12.5 Å². The van der Waals surface area contributed by atoms with Crippen molar-refractivity contribution in [2.45, 2.75) is 26.3 Å². The summed E-state index contributed by atoms with van der Waals surface area (Å²) in [6.07, 6.45) is 5.83. The lowest BCUT2D eigenvalue weighted by Gasteiger charge is -2.15. The zero-order valence-electron chi connectivity index (χ0n) is 13.9. The first-order valence-electron chi connectivity index (χ1n) is 8.06. The quantitative estimate of drug-likeness (QED) is 0.781. The van der Waals surface area contributed by atoms with Crippen LogP contribution in [0.2, 0.25) is 0 Å². The lowest BCUT2D eigenvalue weighted by atomic mass is 10.1. The normalized spacial score (nSPS) is 11.9. The van der Waals surface area contributed by atoms with Crippen LogP contribution in [0, 0.1) is 6.92 Å². The molecule has 122 valence electrons. The second-order valence-corrected chi connectivity index (χ2v) is 5.96. The summed E-state index contributed by atoms with van der Waals surface area (Å²) in [4.78, 5) is 16.5. The molecule has 0 saturated heterocycles. The Hall–Kier alpha value is -2.88. The first-order chi connectivity index (χ1) is 11.6. The summed E-state index contributed by atoms with van der Waals surface area (Å²) in [6.45, 7) is 4.03. The molecule has 4 heteroatoms. The van der Waals surface area contributed by atoms with Crippen molar-refractivity contribution < 1.29 is 4.79 Å². The fourth-order valence-electron chi connectivity index (χ4n) is 2.69. The molecule has 0 radical (unpaired) electrons. The molecule has 2 aromatic heterocycles. The molecule has 4 nitrogen and oxygen atoms in total. The van der Waals surface area contributed by atoms with E-state index in [-0.39, 0.29) is 11.9 Å². The molecule has 0 aliphatic heterocycles. The van der Waals surface area contributed by atoms with E-state index in [1.807, 2.05) is 42.0 Å². The monoisotopic (exact) mass is 319 g/mol. The maximum atomic E-state index is 12.4. The minimum atomic E-state index is -0.0611. The van der Waals surface area contributed by atoms with Crippen LogP contribution in [0.15, 0.2) is 67.1 Å². The molecule has 0 spiro atoms. The topological polar surface area (TPSA) is 46.9 Å². The van der Waals surface area contributed by atoms with E-state index in [9.17, 15) is 4.79 Å². The summed E-state index contributed by atoms with van der Waals surface area (Å²) < 4.78 is 2.05. The predicted octanol–water partition coefficient (Wildman–Crippen LogP) is 3.60. The van der Waals surface area contributed by atoms with Gasteiger partial charge in [0.25, 0.3) is 0 Å². The summed E-state index contributed by atoms with van der Waals surface area (Å²) in [7, 11) is 0. The van der Waals surface area contributed by atoms with Crippen molar-refractivity contribution in [2.75, 3.05) is 0 Å². The molecule has 0 aliphatic rings. The molecule has 0 aliphatic carbocycles. The van der Waals surface area contributed by atoms with Crippen LogP contribution in [-0.2, 0) is 11.2 Å². The van der Waals surface area contributed by atoms with Gasteiger partial charge in [-0.25, -0.2) is 0 Å². The van der Waals surface area contributed by atoms with Gasteiger partial charge in [0, 0.05) is 30.0 Å². The van der Waals surface area contributed by atoms with Crippen molar-refractivity contribution >= 4 is 5.91 Å². The molecule has 3 rings (SSSR count). The van der Waals surface area contributed by atoms with Gasteiger partial charge in [-0.15, -0.1) is 0 Å². The maximum absolute atomic E-state index is 12.4. The Kier molecular flexibility index (Phi) is 4.75. The summed E-state index contributed by atoms with van der Waals surface area (Å²) in [5.41, 5.74) is 4.25. The lowest BCUT2D eigenvalue weighted by molar-refractivity contribution is -0.121. The number of aryl methyl sites for hydroxylation is 1. The molecule has 3 aromatic rings. The zero-order chi connectivity index (χ0) is 16.9. The van der Waals surface area contributed by atoms with E-state index in [1.54, 1.807) is 12.4 Å². The minimum absolute atomic E-state index is 0.00147. The molecule has 1 aromatic carbocycles. The predicted molar refractivity (Wildman–Crippen MR) is 95.0 cm³/mol. The fraction of sp³-hybridized carbons (Fsp3) is 0.200. The number of carbonyl (C=O) groups is 1. The van der Waals surface area contributed by atoms with E-state index in [0.29, 0.717) is 6.42 Å². The first-order valence-corrected chi connectivity index (χ1v) is 8.06. The van der Waals surface area contributed by atoms with Crippen molar-refractivity contribution in [3.8, 4) is 5.69 Å². The summed E-state index contributed by atoms with van der Waals surface area (Å²) in [5.74, 6) is -0.00147. The van der Waals surface area contributed by atoms with Gasteiger partial charge in [0.1, 0.15) is 0 Å². The van der Waals surface area contributed by atoms with Gasteiger partial charge < -0.3 is 9.88 Å². The van der Waals surface area contributed by atoms with E-state index in [1.165, 1.54) is 5.56 Å². The molecular formula is C20H21N3O. The Balaban J connectivity index is 1.69. The number of carbonyl (C=O) groups excluding carboxylic acids is 1. The Morgan fingerprint density at radius 1 is 1.17 bits per heavy atom. The standard InChI is InChI=1S/C20H21N3O/c1-15-7-9-18(10-8-15)23-12-4-6-19(23)13-20(24)22-16(2)17-5-3-11-21-14-17/h3-12,14,16H,13H2,1-2H3,(H,22,24)/t16-/m0/s1. The van der Waals surface area contributed by atoms with Crippen LogP contribution in [0.25, 0.3) is 5.69 Å². The van der Waals surface area contributed by atoms with E-state index in [2.05, 4.69) is 41.5 Å². The first kappa shape index (κ1) is 16.0. The Bertz CT molecular complexity index is 806. The van der Waals surface area contributed by atoms with Crippen LogP contribution in [0.3, 0.4) is 0 Å². The fourth-order valence-corrected chi connectivity index (χ4v) is 2.69. The highest BCUT2D eigenvalue weighted by Crippen LogP contribution is 2.15. The van der Waals surface area contributed by atoms with Crippen molar-refractivity contribution in [1.82, 2.24) is 14.9 Å². The van der Waals surface area contributed by atoms with E-state index < -0.39 is 0 Å². The molecule has 0 saturated carbocycles. The highest BCUT2D eigenvalue weighted by molar-refractivity contribution is 5.78. The average Bonchev–Trinajstić information content (AvgIpc) is 3.04. The maximum Gasteiger partial charge on any atom is 0.226 e. The van der Waals surface area contributed by atoms with Crippen molar-refractivity contribution in [3.63, 3.8) is 0 Å². The zero-order valence-corrected chi connectivity index (χ0v) is 13.9. The second-order valence-electron chi connectivity index (χ2n) is 5.96. The van der Waals surface area contributed by atoms with Crippen molar-refractivity contribution in [2.24, 2.45) is 0 Å². The molecule has 24 heavy (non-hydrogen) atoms. The molecular weight excluding hydrogens is 298 g/mol. The van der Waals surface area contributed by atoms with Crippen LogP contribution in [0.4, 0.5) is 0 Å². The summed E-state index contributed by atoms with van der Waals surface area (Å²) >= 11 is 0. The van der Waals surface area contributed by atoms with Gasteiger partial charge in [-0.05, 0) is 49.7 Å². The molecule has 0 bridgehead atoms. The van der Waals surface area contributed by atoms with Gasteiger partial charge in [-0.2, -0.15) is 0 Å².